The van der Waals surface area contributed by atoms with Gasteiger partial charge in [0.15, 0.2) is 0 Å². The van der Waals surface area contributed by atoms with Gasteiger partial charge in [0.25, 0.3) is 0 Å². The Morgan fingerprint density at radius 3 is 2.59 bits per heavy atom. The smallest absolute Gasteiger partial charge is 0.426 e. The first-order chi connectivity index (χ1) is 7.76. The number of aromatic nitrogens is 2. The predicted octanol–water partition coefficient (Wildman–Crippen LogP) is 2.29. The summed E-state index contributed by atoms with van der Waals surface area (Å²) in [6.45, 7) is 7.03. The van der Waals surface area contributed by atoms with E-state index in [0.717, 1.165) is 0 Å². The zero-order chi connectivity index (χ0) is 13.1. The Morgan fingerprint density at radius 2 is 2.06 bits per heavy atom. The third-order valence-corrected chi connectivity index (χ3v) is 1.69. The lowest BCUT2D eigenvalue weighted by molar-refractivity contribution is 0.0541. The van der Waals surface area contributed by atoms with Gasteiger partial charge in [-0.15, -0.1) is 0 Å². The number of hydrogen-bond donors (Lipinski definition) is 2. The molecule has 0 aromatic carbocycles. The minimum atomic E-state index is -0.593. The Labute approximate surface area is 105 Å². The van der Waals surface area contributed by atoms with Crippen molar-refractivity contribution < 1.29 is 9.53 Å². The highest BCUT2D eigenvalue weighted by Crippen LogP contribution is 2.10. The average Bonchev–Trinajstić information content (AvgIpc) is 2.10. The third-order valence-electron chi connectivity index (χ3n) is 1.50. The van der Waals surface area contributed by atoms with Crippen LogP contribution in [0, 0.1) is 6.92 Å². The molecule has 0 aliphatic rings. The number of halogens is 1. The molecule has 0 bridgehead atoms. The number of hydrogen-bond acceptors (Lipinski definition) is 5. The van der Waals surface area contributed by atoms with Gasteiger partial charge in [0.2, 0.25) is 0 Å². The summed E-state index contributed by atoms with van der Waals surface area (Å²) in [6, 6.07) is 1.49. The maximum Gasteiger partial charge on any atom is 0.426 e. The van der Waals surface area contributed by atoms with Gasteiger partial charge in [-0.2, -0.15) is 0 Å². The first kappa shape index (κ1) is 13.5. The van der Waals surface area contributed by atoms with Gasteiger partial charge in [0.1, 0.15) is 22.4 Å². The fraction of sp³-hybridized carbons (Fsp3) is 0.500. The van der Waals surface area contributed by atoms with Gasteiger partial charge in [0.05, 0.1) is 0 Å². The summed E-state index contributed by atoms with van der Waals surface area (Å²) >= 11 is 5.74. The van der Waals surface area contributed by atoms with Gasteiger partial charge in [-0.1, -0.05) is 11.6 Å². The summed E-state index contributed by atoms with van der Waals surface area (Å²) in [5.74, 6) is 0.902. The van der Waals surface area contributed by atoms with Crippen molar-refractivity contribution in [3.63, 3.8) is 0 Å². The Hall–Kier alpha value is -1.56. The Bertz CT molecular complexity index is 397. The van der Waals surface area contributed by atoms with Crippen LogP contribution in [0.4, 0.5) is 10.6 Å². The number of carbonyl (C=O) groups excluding carboxylic acids is 1. The summed E-state index contributed by atoms with van der Waals surface area (Å²) in [4.78, 5) is 19.2. The number of nitrogens with zero attached hydrogens (tertiary/aromatic N) is 2. The Morgan fingerprint density at radius 1 is 1.41 bits per heavy atom. The summed E-state index contributed by atoms with van der Waals surface area (Å²) < 4.78 is 5.03. The van der Waals surface area contributed by atoms with Crippen molar-refractivity contribution in [3.05, 3.63) is 17.0 Å². The second-order valence-corrected chi connectivity index (χ2v) is 4.76. The van der Waals surface area contributed by atoms with Crippen molar-refractivity contribution in [3.8, 4) is 0 Å². The van der Waals surface area contributed by atoms with Crippen LogP contribution >= 0.6 is 11.6 Å². The molecular weight excluding hydrogens is 244 g/mol. The van der Waals surface area contributed by atoms with Gasteiger partial charge >= 0.3 is 6.09 Å². The molecule has 2 N–H and O–H groups in total. The van der Waals surface area contributed by atoms with E-state index in [1.165, 1.54) is 6.07 Å². The van der Waals surface area contributed by atoms with Gasteiger partial charge in [-0.05, 0) is 27.7 Å². The number of carbonyl (C=O) groups is 1. The molecule has 0 aliphatic carbocycles. The standard InChI is InChI=1S/C10H15ClN4O2/c1-6-12-7(11)5-8(13-6)14-15-9(16)17-10(2,3)4/h5H,1-4H3,(H,15,16)(H,12,13,14). The monoisotopic (exact) mass is 258 g/mol. The molecule has 1 rings (SSSR count). The number of anilines is 1. The Kier molecular flexibility index (Phi) is 4.11. The van der Waals surface area contributed by atoms with Crippen LogP contribution in [-0.2, 0) is 4.74 Å². The van der Waals surface area contributed by atoms with E-state index in [-0.39, 0.29) is 0 Å². The topological polar surface area (TPSA) is 76.1 Å². The fourth-order valence-corrected chi connectivity index (χ4v) is 1.24. The number of nitrogens with one attached hydrogen (secondary N) is 2. The molecule has 0 radical (unpaired) electrons. The van der Waals surface area contributed by atoms with Crippen LogP contribution in [0.1, 0.15) is 26.6 Å². The second-order valence-electron chi connectivity index (χ2n) is 4.38. The highest BCUT2D eigenvalue weighted by atomic mass is 35.5. The van der Waals surface area contributed by atoms with Crippen LogP contribution in [0.3, 0.4) is 0 Å². The van der Waals surface area contributed by atoms with Crippen molar-refractivity contribution in [2.24, 2.45) is 0 Å². The molecule has 0 saturated heterocycles. The molecule has 1 aromatic heterocycles. The lowest BCUT2D eigenvalue weighted by Gasteiger charge is -2.19. The molecule has 1 amide bonds. The number of rotatable bonds is 2. The molecule has 17 heavy (non-hydrogen) atoms. The molecule has 1 heterocycles. The molecule has 7 heteroatoms. The molecule has 0 atom stereocenters. The molecule has 0 fully saturated rings. The molecule has 0 aliphatic heterocycles. The maximum atomic E-state index is 11.3. The van der Waals surface area contributed by atoms with E-state index < -0.39 is 11.7 Å². The largest absolute Gasteiger partial charge is 0.443 e. The molecule has 0 saturated carbocycles. The Balaban J connectivity index is 2.53. The van der Waals surface area contributed by atoms with E-state index in [4.69, 9.17) is 16.3 Å². The highest BCUT2D eigenvalue weighted by molar-refractivity contribution is 6.29. The van der Waals surface area contributed by atoms with E-state index in [9.17, 15) is 4.79 Å². The maximum absolute atomic E-state index is 11.3. The van der Waals surface area contributed by atoms with E-state index >= 15 is 0 Å². The van der Waals surface area contributed by atoms with Crippen molar-refractivity contribution in [2.75, 3.05) is 5.43 Å². The van der Waals surface area contributed by atoms with Crippen molar-refractivity contribution in [1.29, 1.82) is 0 Å². The number of amides is 1. The lowest BCUT2D eigenvalue weighted by Crippen LogP contribution is -2.36. The highest BCUT2D eigenvalue weighted by Gasteiger charge is 2.15. The minimum absolute atomic E-state index is 0.297. The number of ether oxygens (including phenoxy) is 1. The van der Waals surface area contributed by atoms with Crippen LogP contribution in [0.2, 0.25) is 5.15 Å². The van der Waals surface area contributed by atoms with Gasteiger partial charge in [-0.25, -0.2) is 20.2 Å². The summed E-state index contributed by atoms with van der Waals surface area (Å²) in [7, 11) is 0. The zero-order valence-electron chi connectivity index (χ0n) is 10.2. The van der Waals surface area contributed by atoms with E-state index in [2.05, 4.69) is 20.8 Å². The fourth-order valence-electron chi connectivity index (χ4n) is 1.01. The molecular formula is C10H15ClN4O2. The summed E-state index contributed by atoms with van der Waals surface area (Å²) in [5, 5.41) is 0.297. The van der Waals surface area contributed by atoms with Crippen molar-refractivity contribution >= 4 is 23.5 Å². The van der Waals surface area contributed by atoms with Crippen molar-refractivity contribution in [1.82, 2.24) is 15.4 Å². The molecule has 1 aromatic rings. The first-order valence-corrected chi connectivity index (χ1v) is 5.40. The number of aryl methyl sites for hydroxylation is 1. The van der Waals surface area contributed by atoms with E-state index in [1.807, 2.05) is 0 Å². The number of hydrazine groups is 1. The average molecular weight is 259 g/mol. The van der Waals surface area contributed by atoms with Gasteiger partial charge in [-0.3, -0.25) is 5.43 Å². The molecule has 0 unspecified atom stereocenters. The molecule has 94 valence electrons. The minimum Gasteiger partial charge on any atom is -0.443 e. The zero-order valence-corrected chi connectivity index (χ0v) is 10.9. The lowest BCUT2D eigenvalue weighted by atomic mass is 10.2. The van der Waals surface area contributed by atoms with E-state index in [0.29, 0.717) is 16.8 Å². The molecule has 6 nitrogen and oxygen atoms in total. The van der Waals surface area contributed by atoms with Crippen molar-refractivity contribution in [2.45, 2.75) is 33.3 Å². The quantitative estimate of drug-likeness (QED) is 0.629. The SMILES string of the molecule is Cc1nc(Cl)cc(NNC(=O)OC(C)(C)C)n1. The summed E-state index contributed by atoms with van der Waals surface area (Å²) in [5.41, 5.74) is 4.39. The normalized spacial score (nSPS) is 10.9. The predicted molar refractivity (Wildman–Crippen MR) is 64.8 cm³/mol. The summed E-state index contributed by atoms with van der Waals surface area (Å²) in [6.07, 6.45) is -0.593. The third kappa shape index (κ3) is 5.35. The van der Waals surface area contributed by atoms with Crippen LogP contribution in [-0.4, -0.2) is 21.7 Å². The first-order valence-electron chi connectivity index (χ1n) is 5.02. The molecule has 0 spiro atoms. The van der Waals surface area contributed by atoms with Gasteiger partial charge in [0, 0.05) is 6.07 Å². The van der Waals surface area contributed by atoms with E-state index in [1.54, 1.807) is 27.7 Å². The van der Waals surface area contributed by atoms with Crippen LogP contribution in [0.15, 0.2) is 6.07 Å². The van der Waals surface area contributed by atoms with Crippen LogP contribution in [0.25, 0.3) is 0 Å². The van der Waals surface area contributed by atoms with Crippen LogP contribution < -0.4 is 10.9 Å². The van der Waals surface area contributed by atoms with Gasteiger partial charge < -0.3 is 4.74 Å². The van der Waals surface area contributed by atoms with Crippen LogP contribution in [0.5, 0.6) is 0 Å². The second kappa shape index (κ2) is 5.18.